The zero-order valence-electron chi connectivity index (χ0n) is 33.7. The van der Waals surface area contributed by atoms with Gasteiger partial charge >= 0.3 is 0 Å². The lowest BCUT2D eigenvalue weighted by molar-refractivity contribution is -0.139. The van der Waals surface area contributed by atoms with Gasteiger partial charge in [-0.1, -0.05) is 6.07 Å². The third kappa shape index (κ3) is 8.75. The molecule has 2 saturated heterocycles. The van der Waals surface area contributed by atoms with Crippen LogP contribution >= 0.6 is 11.3 Å². The van der Waals surface area contributed by atoms with Gasteiger partial charge < -0.3 is 25.7 Å². The number of likely N-dealkylation sites (tertiary alicyclic amines) is 1. The number of carbonyl (C=O) groups excluding carboxylic acids is 4. The summed E-state index contributed by atoms with van der Waals surface area (Å²) in [6.07, 6.45) is 6.66. The number of amides is 4. The summed E-state index contributed by atoms with van der Waals surface area (Å²) in [6.45, 7) is 8.89. The van der Waals surface area contributed by atoms with E-state index < -0.39 is 41.4 Å². The second kappa shape index (κ2) is 16.7. The first-order chi connectivity index (χ1) is 28.2. The third-order valence-corrected chi connectivity index (χ3v) is 13.7. The molecule has 0 radical (unpaired) electrons. The third-order valence-electron chi connectivity index (χ3n) is 12.5. The van der Waals surface area contributed by atoms with Crippen LogP contribution in [0, 0.1) is 24.6 Å². The van der Waals surface area contributed by atoms with Gasteiger partial charge in [-0.15, -0.1) is 11.3 Å². The lowest BCUT2D eigenvalue weighted by Gasteiger charge is -2.36. The van der Waals surface area contributed by atoms with Gasteiger partial charge in [-0.25, -0.2) is 14.4 Å². The molecule has 3 aliphatic heterocycles. The van der Waals surface area contributed by atoms with Crippen molar-refractivity contribution in [2.45, 2.75) is 102 Å². The van der Waals surface area contributed by atoms with Crippen molar-refractivity contribution in [3.63, 3.8) is 0 Å². The molecule has 3 fully saturated rings. The number of aromatic nitrogens is 2. The quantitative estimate of drug-likeness (QED) is 0.107. The second-order valence-electron chi connectivity index (χ2n) is 17.2. The molecule has 4 aromatic rings. The molecular formula is C44H52FN7O6S. The predicted octanol–water partition coefficient (Wildman–Crippen LogP) is 6.36. The van der Waals surface area contributed by atoms with Crippen LogP contribution in [0.5, 0.6) is 0 Å². The van der Waals surface area contributed by atoms with Gasteiger partial charge in [0.25, 0.3) is 11.8 Å². The van der Waals surface area contributed by atoms with Crippen LogP contribution in [-0.4, -0.2) is 85.8 Å². The number of piperidine rings is 2. The van der Waals surface area contributed by atoms with Crippen molar-refractivity contribution in [2.75, 3.05) is 36.8 Å². The fourth-order valence-electron chi connectivity index (χ4n) is 9.36. The fourth-order valence-corrected chi connectivity index (χ4v) is 10.5. The first-order valence-electron chi connectivity index (χ1n) is 20.8. The van der Waals surface area contributed by atoms with Gasteiger partial charge in [0, 0.05) is 65.3 Å². The van der Waals surface area contributed by atoms with Crippen molar-refractivity contribution in [3.05, 3.63) is 81.4 Å². The minimum Gasteiger partial charge on any atom is -0.386 e. The van der Waals surface area contributed by atoms with E-state index in [1.165, 1.54) is 11.0 Å². The summed E-state index contributed by atoms with van der Waals surface area (Å²) in [5.41, 5.74) is 2.46. The Morgan fingerprint density at radius 1 is 0.983 bits per heavy atom. The van der Waals surface area contributed by atoms with Crippen LogP contribution in [0.2, 0.25) is 0 Å². The Morgan fingerprint density at radius 3 is 2.46 bits per heavy atom. The minimum atomic E-state index is -1.26. The number of hydrogen-bond acceptors (Lipinski definition) is 11. The topological polar surface area (TPSA) is 177 Å². The predicted molar refractivity (Wildman–Crippen MR) is 222 cm³/mol. The zero-order valence-corrected chi connectivity index (χ0v) is 34.5. The van der Waals surface area contributed by atoms with E-state index >= 15 is 0 Å². The number of halogens is 1. The Kier molecular flexibility index (Phi) is 11.6. The van der Waals surface area contributed by atoms with Crippen LogP contribution in [0.25, 0.3) is 10.2 Å². The highest BCUT2D eigenvalue weighted by Gasteiger charge is 2.45. The smallest absolute Gasteiger partial charge is 0.274 e. The summed E-state index contributed by atoms with van der Waals surface area (Å²) in [4.78, 5) is 63.6. The molecule has 4 aliphatic rings. The molecule has 59 heavy (non-hydrogen) atoms. The molecule has 5 N–H and O–H groups in total. The van der Waals surface area contributed by atoms with Crippen LogP contribution in [0.1, 0.15) is 126 Å². The molecule has 8 rings (SSSR count). The van der Waals surface area contributed by atoms with E-state index in [9.17, 15) is 33.8 Å². The van der Waals surface area contributed by atoms with E-state index in [1.54, 1.807) is 44.2 Å². The number of aliphatic hydroxyl groups excluding tert-OH is 1. The first-order valence-corrected chi connectivity index (χ1v) is 21.6. The highest BCUT2D eigenvalue weighted by Crippen LogP contribution is 2.43. The molecule has 312 valence electrons. The van der Waals surface area contributed by atoms with E-state index in [-0.39, 0.29) is 24.4 Å². The highest BCUT2D eigenvalue weighted by atomic mass is 32.1. The summed E-state index contributed by atoms with van der Waals surface area (Å²) in [5.74, 6) is -0.837. The molecule has 0 spiro atoms. The van der Waals surface area contributed by atoms with E-state index in [2.05, 4.69) is 25.8 Å². The van der Waals surface area contributed by atoms with Gasteiger partial charge in [0.2, 0.25) is 11.8 Å². The first kappa shape index (κ1) is 40.9. The number of carbonyl (C=O) groups is 4. The minimum absolute atomic E-state index is 0.0270. The number of anilines is 2. The molecule has 5 heterocycles. The number of aryl methyl sites for hydroxylation is 1. The molecule has 13 nitrogen and oxygen atoms in total. The summed E-state index contributed by atoms with van der Waals surface area (Å²) < 4.78 is 14.9. The molecule has 0 bridgehead atoms. The Morgan fingerprint density at radius 2 is 1.75 bits per heavy atom. The number of imide groups is 1. The molecule has 4 amide bonds. The van der Waals surface area contributed by atoms with Gasteiger partial charge in [0.1, 0.15) is 17.6 Å². The van der Waals surface area contributed by atoms with E-state index in [1.807, 2.05) is 18.2 Å². The lowest BCUT2D eigenvalue weighted by Crippen LogP contribution is -2.53. The zero-order chi connectivity index (χ0) is 41.6. The number of nitrogens with zero attached hydrogens (tertiary/aromatic N) is 4. The maximum atomic E-state index is 14.0. The highest BCUT2D eigenvalue weighted by molar-refractivity contribution is 7.18. The Bertz CT molecular complexity index is 2260. The van der Waals surface area contributed by atoms with Crippen molar-refractivity contribution in [3.8, 4) is 0 Å². The number of hydrogen-bond donors (Lipinski definition) is 5. The number of nitrogens with one attached hydrogen (secondary N) is 3. The Balaban J connectivity index is 0.808. The van der Waals surface area contributed by atoms with Crippen molar-refractivity contribution in [1.29, 1.82) is 0 Å². The number of thiazole rings is 1. The molecule has 2 aromatic carbocycles. The standard InChI is InChI=1S/C44H52FN7O6S/c1-24-19-28(45)20-34(47-24)39(54)48-32-22-36-33(21-30(32)44(2,3)58)49-41(59-36)27-9-7-26(8-10-27)23-51-17-14-25(15-18-51)13-16-46-31-6-4-5-29-38(31)43(57)52(42(29)56)35-11-12-37(53)50-40(35)55/h4-6,19-22,25-27,35,43,46,57-58H,7-18,23H2,1-3H3,(H,48,54)(H,50,53,55). The maximum Gasteiger partial charge on any atom is 0.274 e. The van der Waals surface area contributed by atoms with Gasteiger partial charge in [0.05, 0.1) is 20.8 Å². The number of fused-ring (bicyclic) bond motifs is 2. The van der Waals surface area contributed by atoms with Crippen LogP contribution < -0.4 is 16.0 Å². The van der Waals surface area contributed by atoms with E-state index in [0.29, 0.717) is 58.1 Å². The van der Waals surface area contributed by atoms with Gasteiger partial charge in [-0.3, -0.25) is 29.4 Å². The lowest BCUT2D eigenvalue weighted by atomic mass is 9.81. The molecule has 1 aliphatic carbocycles. The average Bonchev–Trinajstić information content (AvgIpc) is 3.72. The second-order valence-corrected chi connectivity index (χ2v) is 18.3. The molecule has 2 aromatic heterocycles. The van der Waals surface area contributed by atoms with Crippen LogP contribution in [0.15, 0.2) is 42.5 Å². The molecule has 2 unspecified atom stereocenters. The van der Waals surface area contributed by atoms with Crippen LogP contribution in [0.4, 0.5) is 15.8 Å². The van der Waals surface area contributed by atoms with Crippen molar-refractivity contribution in [2.24, 2.45) is 11.8 Å². The summed E-state index contributed by atoms with van der Waals surface area (Å²) in [6, 6.07) is 10.5. The van der Waals surface area contributed by atoms with Crippen molar-refractivity contribution < 1.29 is 33.8 Å². The number of pyridine rings is 1. The number of benzene rings is 2. The normalized spacial score (nSPS) is 23.1. The number of aliphatic hydroxyl groups is 2. The largest absolute Gasteiger partial charge is 0.386 e. The fraction of sp³-hybridized carbons (Fsp3) is 0.500. The number of rotatable bonds is 11. The maximum absolute atomic E-state index is 14.0. The van der Waals surface area contributed by atoms with E-state index in [4.69, 9.17) is 4.98 Å². The Hall–Kier alpha value is -4.83. The average molecular weight is 826 g/mol. The molecule has 2 atom stereocenters. The van der Waals surface area contributed by atoms with Crippen LogP contribution in [0.3, 0.4) is 0 Å². The van der Waals surface area contributed by atoms with Crippen molar-refractivity contribution >= 4 is 56.6 Å². The Labute approximate surface area is 346 Å². The SMILES string of the molecule is Cc1cc(F)cc(C(=O)Nc2cc3sc(C4CCC(CN5CCC(CCNc6cccc7c6C(O)N(C6CCC(=O)NC6=O)C7=O)CC5)CC4)nc3cc2C(C)(C)O)n1. The van der Waals surface area contributed by atoms with Gasteiger partial charge in [-0.2, -0.15) is 0 Å². The van der Waals surface area contributed by atoms with Gasteiger partial charge in [-0.05, 0) is 127 Å². The molecular weight excluding hydrogens is 774 g/mol. The summed E-state index contributed by atoms with van der Waals surface area (Å²) in [7, 11) is 0. The monoisotopic (exact) mass is 825 g/mol. The van der Waals surface area contributed by atoms with Crippen molar-refractivity contribution in [1.82, 2.24) is 25.1 Å². The van der Waals surface area contributed by atoms with Crippen LogP contribution in [-0.2, 0) is 15.2 Å². The summed E-state index contributed by atoms with van der Waals surface area (Å²) >= 11 is 1.63. The molecule has 15 heteroatoms. The van der Waals surface area contributed by atoms with Gasteiger partial charge in [0.15, 0.2) is 6.23 Å². The van der Waals surface area contributed by atoms with E-state index in [0.717, 1.165) is 85.9 Å². The summed E-state index contributed by atoms with van der Waals surface area (Å²) in [5, 5.41) is 31.9. The molecule has 1 saturated carbocycles.